The molecule has 0 aromatic carbocycles. The van der Waals surface area contributed by atoms with Crippen molar-refractivity contribution < 1.29 is 4.74 Å². The molecule has 15 heteroatoms. The van der Waals surface area contributed by atoms with E-state index in [1.165, 1.54) is 22.3 Å². The van der Waals surface area contributed by atoms with E-state index in [1.807, 2.05) is 0 Å². The molecule has 252 valence electrons. The van der Waals surface area contributed by atoms with Crippen LogP contribution >= 0.6 is 66.5 Å². The lowest BCUT2D eigenvalue weighted by Crippen LogP contribution is -2.32. The lowest BCUT2D eigenvalue weighted by atomic mass is 10.2. The molecule has 0 N–H and O–H groups in total. The normalized spacial score (nSPS) is 14.7. The van der Waals surface area contributed by atoms with Crippen LogP contribution < -0.4 is 0 Å². The van der Waals surface area contributed by atoms with E-state index in [0.717, 1.165) is 51.6 Å². The molecule has 0 saturated heterocycles. The predicted molar refractivity (Wildman–Crippen MR) is 218 cm³/mol. The maximum Gasteiger partial charge on any atom is 0.344 e. The molecule has 2 atom stereocenters. The van der Waals surface area contributed by atoms with Crippen molar-refractivity contribution in [2.24, 2.45) is 0 Å². The van der Waals surface area contributed by atoms with E-state index in [0.29, 0.717) is 13.2 Å². The van der Waals surface area contributed by atoms with Crippen molar-refractivity contribution in [2.45, 2.75) is 105 Å². The van der Waals surface area contributed by atoms with Crippen LogP contribution in [0.2, 0.25) is 11.1 Å². The van der Waals surface area contributed by atoms with Crippen molar-refractivity contribution in [2.75, 3.05) is 26.3 Å². The molecule has 0 spiro atoms. The largest absolute Gasteiger partial charge is 0.381 e. The highest BCUT2D eigenvalue weighted by Gasteiger charge is 2.37. The second kappa shape index (κ2) is 24.9. The van der Waals surface area contributed by atoms with E-state index in [-0.39, 0.29) is 49.8 Å². The van der Waals surface area contributed by atoms with Crippen LogP contribution in [0, 0.1) is 0 Å². The lowest BCUT2D eigenvalue weighted by molar-refractivity contribution is 0.125. The second-order valence-electron chi connectivity index (χ2n) is 12.6. The van der Waals surface area contributed by atoms with Crippen molar-refractivity contribution >= 4 is 117 Å². The molecule has 0 fully saturated rings. The first kappa shape index (κ1) is 44.9. The van der Waals surface area contributed by atoms with Crippen molar-refractivity contribution in [3.8, 4) is 0 Å². The van der Waals surface area contributed by atoms with Gasteiger partial charge in [0.1, 0.15) is 38.7 Å². The standard InChI is InChI=1S/C28H58Cl6N2OSi6/c1-23(2)19-38-35(39-20-24(3)4)15-9-11-27(42(29,30)31)13-17-37-18-14-28(43(32,33)34)12-10-16-36(40-21-25(5)6)41-22-26(7)8/h19-22,27-28H,9-18,38-41H2,1-8H3. The number of hydrogen-bond donors (Lipinski definition) is 0. The minimum absolute atomic E-state index is 0.0915. The number of ether oxygens (including phenoxy) is 1. The third-order valence-electron chi connectivity index (χ3n) is 7.23. The Hall–Kier alpha value is 1.88. The van der Waals surface area contributed by atoms with Gasteiger partial charge in [-0.1, -0.05) is 45.1 Å². The molecule has 2 unspecified atom stereocenters. The minimum atomic E-state index is -2.85. The van der Waals surface area contributed by atoms with Gasteiger partial charge in [0.05, 0.1) is 0 Å². The third-order valence-corrected chi connectivity index (χ3v) is 26.2. The molecule has 0 saturated carbocycles. The van der Waals surface area contributed by atoms with Gasteiger partial charge in [0, 0.05) is 13.2 Å². The number of nitrogens with zero attached hydrogens (tertiary/aromatic N) is 2. The first-order valence-electron chi connectivity index (χ1n) is 15.6. The molecule has 0 radical (unpaired) electrons. The molecule has 0 bridgehead atoms. The average molecular weight is 820 g/mol. The second-order valence-corrected chi connectivity index (χ2v) is 39.1. The molecule has 0 heterocycles. The number of allylic oxidation sites excluding steroid dienone is 4. The lowest BCUT2D eigenvalue weighted by Gasteiger charge is -2.26. The maximum atomic E-state index is 6.55. The fraction of sp³-hybridized carbons (Fsp3) is 0.714. The third kappa shape index (κ3) is 26.5. The molecule has 0 aliphatic heterocycles. The van der Waals surface area contributed by atoms with Gasteiger partial charge in [0.25, 0.3) is 0 Å². The molecule has 3 nitrogen and oxygen atoms in total. The Balaban J connectivity index is 4.84. The summed E-state index contributed by atoms with van der Waals surface area (Å²) in [5.41, 5.74) is 15.6. The van der Waals surface area contributed by atoms with Gasteiger partial charge >= 0.3 is 12.0 Å². The van der Waals surface area contributed by atoms with E-state index in [2.05, 4.69) is 86.6 Å². The predicted octanol–water partition coefficient (Wildman–Crippen LogP) is 8.03. The molecular formula is C28H58Cl6N2OSi6. The first-order chi connectivity index (χ1) is 19.9. The number of rotatable bonds is 24. The summed E-state index contributed by atoms with van der Waals surface area (Å²) in [4.78, 5) is 0. The van der Waals surface area contributed by atoms with Gasteiger partial charge in [0.15, 0.2) is 0 Å². The van der Waals surface area contributed by atoms with Crippen LogP contribution in [0.5, 0.6) is 0 Å². The Kier molecular flexibility index (Phi) is 26.0. The molecule has 0 aliphatic carbocycles. The summed E-state index contributed by atoms with van der Waals surface area (Å²) < 4.78 is 11.5. The van der Waals surface area contributed by atoms with Gasteiger partial charge in [0.2, 0.25) is 0 Å². The summed E-state index contributed by atoms with van der Waals surface area (Å²) in [7, 11) is -1.47. The Morgan fingerprint density at radius 3 is 1.05 bits per heavy atom. The zero-order valence-electron chi connectivity index (χ0n) is 27.9. The van der Waals surface area contributed by atoms with Crippen molar-refractivity contribution in [3.05, 3.63) is 45.1 Å². The van der Waals surface area contributed by atoms with Crippen LogP contribution in [-0.4, -0.2) is 85.5 Å². The van der Waals surface area contributed by atoms with E-state index >= 15 is 0 Å². The van der Waals surface area contributed by atoms with Gasteiger partial charge in [-0.2, -0.15) is 0 Å². The van der Waals surface area contributed by atoms with Gasteiger partial charge in [-0.05, 0) is 118 Å². The van der Waals surface area contributed by atoms with Gasteiger partial charge < -0.3 is 13.2 Å². The van der Waals surface area contributed by atoms with Gasteiger partial charge in [-0.15, -0.1) is 66.5 Å². The molecule has 43 heavy (non-hydrogen) atoms. The van der Waals surface area contributed by atoms with Crippen LogP contribution in [0.3, 0.4) is 0 Å². The molecule has 0 amide bonds. The van der Waals surface area contributed by atoms with Crippen LogP contribution in [0.15, 0.2) is 45.1 Å². The van der Waals surface area contributed by atoms with Crippen LogP contribution in [0.1, 0.15) is 93.9 Å². The SMILES string of the molecule is CC(C)=C[SiH2]N(CCCC(CCOCCC(CCCN([SiH2]C=C(C)C)[SiH2]C=C(C)C)[Si](Cl)(Cl)Cl)[Si](Cl)(Cl)Cl)[SiH2]C=C(C)C. The Morgan fingerprint density at radius 2 is 0.814 bits per heavy atom. The highest BCUT2D eigenvalue weighted by molar-refractivity contribution is 7.65. The van der Waals surface area contributed by atoms with Crippen molar-refractivity contribution in [1.29, 1.82) is 0 Å². The molecule has 0 rings (SSSR count). The smallest absolute Gasteiger partial charge is 0.344 e. The molecule has 0 aliphatic rings. The number of halogens is 6. The molecule has 0 aromatic heterocycles. The monoisotopic (exact) mass is 816 g/mol. The van der Waals surface area contributed by atoms with E-state index in [1.54, 1.807) is 0 Å². The fourth-order valence-corrected chi connectivity index (χ4v) is 17.1. The topological polar surface area (TPSA) is 15.7 Å². The molecule has 0 aromatic rings. The zero-order chi connectivity index (χ0) is 33.1. The number of hydrogen-bond acceptors (Lipinski definition) is 3. The average Bonchev–Trinajstić information content (AvgIpc) is 2.86. The highest BCUT2D eigenvalue weighted by atomic mass is 35.8. The molecular weight excluding hydrogens is 762 g/mol. The summed E-state index contributed by atoms with van der Waals surface area (Å²) in [5.74, 6) is 0. The summed E-state index contributed by atoms with van der Waals surface area (Å²) in [6.07, 6.45) is 5.53. The Labute approximate surface area is 304 Å². The van der Waals surface area contributed by atoms with Crippen molar-refractivity contribution in [3.63, 3.8) is 0 Å². The van der Waals surface area contributed by atoms with Gasteiger partial charge in [-0.25, -0.2) is 0 Å². The van der Waals surface area contributed by atoms with Crippen LogP contribution in [-0.2, 0) is 4.74 Å². The van der Waals surface area contributed by atoms with E-state index in [9.17, 15) is 0 Å². The summed E-state index contributed by atoms with van der Waals surface area (Å²) in [5, 5.41) is 0. The van der Waals surface area contributed by atoms with Gasteiger partial charge in [-0.3, -0.25) is 0 Å². The Morgan fingerprint density at radius 1 is 0.535 bits per heavy atom. The maximum absolute atomic E-state index is 6.55. The Bertz CT molecular complexity index is 770. The quantitative estimate of drug-likeness (QED) is 0.0558. The van der Waals surface area contributed by atoms with Crippen LogP contribution in [0.4, 0.5) is 0 Å². The van der Waals surface area contributed by atoms with E-state index in [4.69, 9.17) is 71.2 Å². The minimum Gasteiger partial charge on any atom is -0.381 e. The highest BCUT2D eigenvalue weighted by Crippen LogP contribution is 2.41. The van der Waals surface area contributed by atoms with Crippen LogP contribution in [0.25, 0.3) is 0 Å². The van der Waals surface area contributed by atoms with E-state index < -0.39 is 12.0 Å². The summed E-state index contributed by atoms with van der Waals surface area (Å²) in [6.45, 7) is 20.9. The summed E-state index contributed by atoms with van der Waals surface area (Å²) in [6, 6.07) is -5.69. The fourth-order valence-electron chi connectivity index (χ4n) is 4.38. The first-order valence-corrected chi connectivity index (χ1v) is 31.6. The van der Waals surface area contributed by atoms with Crippen molar-refractivity contribution in [1.82, 2.24) is 8.46 Å². The zero-order valence-corrected chi connectivity index (χ0v) is 40.1. The summed E-state index contributed by atoms with van der Waals surface area (Å²) >= 11 is 39.3.